The highest BCUT2D eigenvalue weighted by molar-refractivity contribution is 6.33. The number of halogens is 1. The van der Waals surface area contributed by atoms with Crippen LogP contribution in [-0.4, -0.2) is 13.0 Å². The number of amides is 1. The average molecular weight is 304 g/mol. The second-order valence-electron chi connectivity index (χ2n) is 4.69. The topological polar surface area (TPSA) is 38.3 Å². The van der Waals surface area contributed by atoms with Crippen LogP contribution < -0.4 is 10.1 Å². The summed E-state index contributed by atoms with van der Waals surface area (Å²) in [5, 5.41) is 3.47. The number of hydrogen-bond acceptors (Lipinski definition) is 2. The van der Waals surface area contributed by atoms with Crippen molar-refractivity contribution in [3.63, 3.8) is 0 Å². The summed E-state index contributed by atoms with van der Waals surface area (Å²) in [7, 11) is 1.63. The summed E-state index contributed by atoms with van der Waals surface area (Å²) < 4.78 is 5.14. The van der Waals surface area contributed by atoms with E-state index in [0.29, 0.717) is 10.6 Å². The van der Waals surface area contributed by atoms with Crippen LogP contribution in [0.3, 0.4) is 0 Å². The van der Waals surface area contributed by atoms with Crippen molar-refractivity contribution in [3.05, 3.63) is 64.7 Å². The van der Waals surface area contributed by atoms with E-state index in [1.165, 1.54) is 0 Å². The molecule has 21 heavy (non-hydrogen) atoms. The summed E-state index contributed by atoms with van der Waals surface area (Å²) >= 11 is 6.05. The number of ether oxygens (including phenoxy) is 1. The van der Waals surface area contributed by atoms with Gasteiger partial charge in [-0.25, -0.2) is 0 Å². The minimum Gasteiger partial charge on any atom is -0.497 e. The highest BCUT2D eigenvalue weighted by Gasteiger charge is 2.15. The van der Waals surface area contributed by atoms with Crippen molar-refractivity contribution in [2.75, 3.05) is 7.11 Å². The van der Waals surface area contributed by atoms with Gasteiger partial charge < -0.3 is 10.1 Å². The highest BCUT2D eigenvalue weighted by Crippen LogP contribution is 2.22. The largest absolute Gasteiger partial charge is 0.497 e. The fourth-order valence-corrected chi connectivity index (χ4v) is 2.36. The van der Waals surface area contributed by atoms with Crippen molar-refractivity contribution in [1.29, 1.82) is 0 Å². The van der Waals surface area contributed by atoms with Crippen molar-refractivity contribution in [3.8, 4) is 5.75 Å². The second kappa shape index (κ2) is 7.14. The third-order valence-electron chi connectivity index (χ3n) is 3.35. The van der Waals surface area contributed by atoms with Crippen molar-refractivity contribution >= 4 is 17.5 Å². The molecular formula is C17H18ClNO2. The monoisotopic (exact) mass is 303 g/mol. The van der Waals surface area contributed by atoms with E-state index >= 15 is 0 Å². The van der Waals surface area contributed by atoms with E-state index in [-0.39, 0.29) is 11.9 Å². The van der Waals surface area contributed by atoms with Gasteiger partial charge in [0.2, 0.25) is 0 Å². The van der Waals surface area contributed by atoms with E-state index in [4.69, 9.17) is 16.3 Å². The van der Waals surface area contributed by atoms with E-state index in [1.807, 2.05) is 31.2 Å². The van der Waals surface area contributed by atoms with Gasteiger partial charge in [0.25, 0.3) is 5.91 Å². The summed E-state index contributed by atoms with van der Waals surface area (Å²) in [5.41, 5.74) is 1.53. The molecule has 4 heteroatoms. The van der Waals surface area contributed by atoms with Crippen LogP contribution in [0.1, 0.15) is 35.3 Å². The SMILES string of the molecule is CC[C@H](NC(=O)c1ccccc1Cl)c1ccc(OC)cc1. The summed E-state index contributed by atoms with van der Waals surface area (Å²) in [6, 6.07) is 14.7. The van der Waals surface area contributed by atoms with Crippen LogP contribution in [0, 0.1) is 0 Å². The van der Waals surface area contributed by atoms with E-state index in [2.05, 4.69) is 5.32 Å². The van der Waals surface area contributed by atoms with E-state index < -0.39 is 0 Å². The number of methoxy groups -OCH3 is 1. The van der Waals surface area contributed by atoms with Gasteiger partial charge in [0.05, 0.1) is 23.7 Å². The van der Waals surface area contributed by atoms with Crippen LogP contribution in [0.15, 0.2) is 48.5 Å². The Morgan fingerprint density at radius 2 is 1.86 bits per heavy atom. The zero-order valence-corrected chi connectivity index (χ0v) is 12.9. The first-order chi connectivity index (χ1) is 10.2. The van der Waals surface area contributed by atoms with Gasteiger partial charge in [-0.15, -0.1) is 0 Å². The average Bonchev–Trinajstić information content (AvgIpc) is 2.53. The lowest BCUT2D eigenvalue weighted by atomic mass is 10.0. The molecule has 0 heterocycles. The molecule has 1 N–H and O–H groups in total. The Hall–Kier alpha value is -2.00. The van der Waals surface area contributed by atoms with Gasteiger partial charge in [0, 0.05) is 0 Å². The third-order valence-corrected chi connectivity index (χ3v) is 3.68. The molecular weight excluding hydrogens is 286 g/mol. The first-order valence-corrected chi connectivity index (χ1v) is 7.22. The molecule has 0 fully saturated rings. The number of rotatable bonds is 5. The Kier molecular flexibility index (Phi) is 5.23. The molecule has 1 atom stereocenters. The number of carbonyl (C=O) groups is 1. The van der Waals surface area contributed by atoms with E-state index in [1.54, 1.807) is 31.4 Å². The minimum atomic E-state index is -0.164. The van der Waals surface area contributed by atoms with E-state index in [9.17, 15) is 4.79 Å². The third kappa shape index (κ3) is 3.76. The predicted molar refractivity (Wildman–Crippen MR) is 84.9 cm³/mol. The maximum Gasteiger partial charge on any atom is 0.253 e. The molecule has 0 aromatic heterocycles. The first kappa shape index (κ1) is 15.4. The zero-order valence-electron chi connectivity index (χ0n) is 12.1. The van der Waals surface area contributed by atoms with Gasteiger partial charge in [-0.3, -0.25) is 4.79 Å². The summed E-state index contributed by atoms with van der Waals surface area (Å²) in [4.78, 5) is 12.3. The Morgan fingerprint density at radius 3 is 2.43 bits per heavy atom. The maximum atomic E-state index is 12.3. The van der Waals surface area contributed by atoms with Crippen LogP contribution in [-0.2, 0) is 0 Å². The van der Waals surface area contributed by atoms with Gasteiger partial charge in [-0.05, 0) is 36.2 Å². The quantitative estimate of drug-likeness (QED) is 0.897. The number of nitrogens with one attached hydrogen (secondary N) is 1. The molecule has 0 aliphatic heterocycles. The molecule has 0 aliphatic carbocycles. The van der Waals surface area contributed by atoms with Gasteiger partial charge in [-0.1, -0.05) is 42.8 Å². The number of hydrogen-bond donors (Lipinski definition) is 1. The minimum absolute atomic E-state index is 0.0559. The summed E-state index contributed by atoms with van der Waals surface area (Å²) in [5.74, 6) is 0.634. The fraction of sp³-hybridized carbons (Fsp3) is 0.235. The highest BCUT2D eigenvalue weighted by atomic mass is 35.5. The Balaban J connectivity index is 2.15. The molecule has 0 radical (unpaired) electrons. The van der Waals surface area contributed by atoms with Gasteiger partial charge >= 0.3 is 0 Å². The molecule has 0 bridgehead atoms. The van der Waals surface area contributed by atoms with Crippen LogP contribution in [0.2, 0.25) is 5.02 Å². The Labute approximate surface area is 129 Å². The van der Waals surface area contributed by atoms with Crippen molar-refractivity contribution in [2.45, 2.75) is 19.4 Å². The number of carbonyl (C=O) groups excluding carboxylic acids is 1. The lowest BCUT2D eigenvalue weighted by molar-refractivity contribution is 0.0935. The lowest BCUT2D eigenvalue weighted by Gasteiger charge is -2.18. The molecule has 0 unspecified atom stereocenters. The first-order valence-electron chi connectivity index (χ1n) is 6.85. The van der Waals surface area contributed by atoms with Crippen LogP contribution >= 0.6 is 11.6 Å². The Morgan fingerprint density at radius 1 is 1.19 bits per heavy atom. The molecule has 0 aliphatic rings. The van der Waals surface area contributed by atoms with Gasteiger partial charge in [0.15, 0.2) is 0 Å². The lowest BCUT2D eigenvalue weighted by Crippen LogP contribution is -2.28. The zero-order chi connectivity index (χ0) is 15.2. The molecule has 110 valence electrons. The molecule has 2 aromatic carbocycles. The number of benzene rings is 2. The van der Waals surface area contributed by atoms with E-state index in [0.717, 1.165) is 17.7 Å². The van der Waals surface area contributed by atoms with Crippen molar-refractivity contribution < 1.29 is 9.53 Å². The molecule has 0 spiro atoms. The maximum absolute atomic E-state index is 12.3. The normalized spacial score (nSPS) is 11.8. The summed E-state index contributed by atoms with van der Waals surface area (Å²) in [6.45, 7) is 2.03. The molecule has 0 saturated carbocycles. The van der Waals surface area contributed by atoms with Gasteiger partial charge in [0.1, 0.15) is 5.75 Å². The standard InChI is InChI=1S/C17H18ClNO2/c1-3-16(12-8-10-13(21-2)11-9-12)19-17(20)14-6-4-5-7-15(14)18/h4-11,16H,3H2,1-2H3,(H,19,20)/t16-/m0/s1. The van der Waals surface area contributed by atoms with Gasteiger partial charge in [-0.2, -0.15) is 0 Å². The van der Waals surface area contributed by atoms with Crippen LogP contribution in [0.4, 0.5) is 0 Å². The molecule has 1 amide bonds. The fourth-order valence-electron chi connectivity index (χ4n) is 2.14. The smallest absolute Gasteiger partial charge is 0.253 e. The summed E-state index contributed by atoms with van der Waals surface area (Å²) in [6.07, 6.45) is 0.794. The molecule has 2 rings (SSSR count). The van der Waals surface area contributed by atoms with Crippen LogP contribution in [0.25, 0.3) is 0 Å². The van der Waals surface area contributed by atoms with Crippen molar-refractivity contribution in [2.24, 2.45) is 0 Å². The van der Waals surface area contributed by atoms with Crippen molar-refractivity contribution in [1.82, 2.24) is 5.32 Å². The molecule has 3 nitrogen and oxygen atoms in total. The second-order valence-corrected chi connectivity index (χ2v) is 5.09. The van der Waals surface area contributed by atoms with Crippen LogP contribution in [0.5, 0.6) is 5.75 Å². The molecule has 2 aromatic rings. The molecule has 0 saturated heterocycles. The predicted octanol–water partition coefficient (Wildman–Crippen LogP) is 4.23. The Bertz CT molecular complexity index is 610.